The van der Waals surface area contributed by atoms with Crippen molar-refractivity contribution in [3.8, 4) is 11.1 Å². The molecular weight excluding hydrogens is 513 g/mol. The number of halogens is 2. The zero-order valence-corrected chi connectivity index (χ0v) is 24.1. The van der Waals surface area contributed by atoms with Gasteiger partial charge >= 0.3 is 181 Å². The van der Waals surface area contributed by atoms with Crippen LogP contribution in [0.25, 0.3) is 11.1 Å². The van der Waals surface area contributed by atoms with Crippen molar-refractivity contribution in [1.82, 2.24) is 0 Å². The minimum absolute atomic E-state index is 0. The predicted molar refractivity (Wildman–Crippen MR) is 117 cm³/mol. The second-order valence-corrected chi connectivity index (χ2v) is 26.0. The van der Waals surface area contributed by atoms with Gasteiger partial charge in [-0.3, -0.25) is 0 Å². The Morgan fingerprint density at radius 3 is 2.31 bits per heavy atom. The van der Waals surface area contributed by atoms with E-state index in [4.69, 9.17) is 0 Å². The van der Waals surface area contributed by atoms with Gasteiger partial charge in [0.15, 0.2) is 0 Å². The molecule has 2 aromatic rings. The molecule has 0 saturated heterocycles. The van der Waals surface area contributed by atoms with Crippen molar-refractivity contribution in [2.45, 2.75) is 55.6 Å². The van der Waals surface area contributed by atoms with Crippen molar-refractivity contribution in [2.75, 3.05) is 11.9 Å². The van der Waals surface area contributed by atoms with Crippen LogP contribution >= 0.6 is 0 Å². The molecule has 155 valence electrons. The van der Waals surface area contributed by atoms with E-state index in [1.165, 1.54) is 22.4 Å². The van der Waals surface area contributed by atoms with E-state index in [9.17, 15) is 5.11 Å². The van der Waals surface area contributed by atoms with E-state index in [1.54, 1.807) is 40.7 Å². The third kappa shape index (κ3) is 3.79. The van der Waals surface area contributed by atoms with E-state index in [1.807, 2.05) is 0 Å². The van der Waals surface area contributed by atoms with Gasteiger partial charge in [-0.15, -0.1) is 0 Å². The molecule has 0 radical (unpaired) electrons. The van der Waals surface area contributed by atoms with Crippen molar-refractivity contribution < 1.29 is 54.6 Å². The van der Waals surface area contributed by atoms with Crippen LogP contribution in [0.1, 0.15) is 35.5 Å². The maximum atomic E-state index is 9.76. The number of hydrogen-bond acceptors (Lipinski definition) is 2. The number of fused-ring (bicyclic) bond motifs is 5. The molecular formula is C22H30Cl2NOSi2Zr. The van der Waals surface area contributed by atoms with Crippen LogP contribution in [0.3, 0.4) is 0 Å². The normalized spacial score (nSPS) is 21.3. The Hall–Kier alpha value is 0.0969. The first-order chi connectivity index (χ1) is 12.5. The summed E-state index contributed by atoms with van der Waals surface area (Å²) >= 11 is 1.59. The van der Waals surface area contributed by atoms with E-state index in [2.05, 4.69) is 76.1 Å². The standard InChI is InChI=1S/C22H30NOSi2.2ClH.Zr/c1-22(2,3)23-19-14-17-16-10-8-7-9-15(16)13-18(17)20-21(19)26(20,6)25(4,5)12-11-24;;;/h7-10,13-14,23-24H,11-12H2,1-6H3;2*1H;/q;;;+2/p-2. The number of rotatable bonds is 4. The summed E-state index contributed by atoms with van der Waals surface area (Å²) in [5.74, 6) is 0. The van der Waals surface area contributed by atoms with E-state index in [0.29, 0.717) is 10.2 Å². The Bertz CT molecular complexity index is 945. The number of anilines is 1. The minimum atomic E-state index is -1.64. The van der Waals surface area contributed by atoms with Gasteiger partial charge in [-0.1, -0.05) is 0 Å². The maximum Gasteiger partial charge on any atom is -1.00 e. The van der Waals surface area contributed by atoms with Crippen LogP contribution in [0.2, 0.25) is 25.7 Å². The number of aliphatic hydroxyl groups is 1. The number of benzene rings is 2. The van der Waals surface area contributed by atoms with Gasteiger partial charge in [0.25, 0.3) is 0 Å². The van der Waals surface area contributed by atoms with Crippen LogP contribution in [-0.4, -0.2) is 32.4 Å². The average Bonchev–Trinajstić information content (AvgIpc) is 3.12. The minimum Gasteiger partial charge on any atom is -1.00 e. The van der Waals surface area contributed by atoms with Crippen LogP contribution in [0.5, 0.6) is 0 Å². The molecule has 2 atom stereocenters. The second-order valence-electron chi connectivity index (χ2n) is 10.0. The molecule has 0 amide bonds. The summed E-state index contributed by atoms with van der Waals surface area (Å²) in [6, 6.07) is 12.5. The van der Waals surface area contributed by atoms with Crippen LogP contribution < -0.4 is 40.5 Å². The first-order valence-corrected chi connectivity index (χ1v) is 18.1. The molecule has 4 rings (SSSR count). The fourth-order valence-electron chi connectivity index (χ4n) is 4.99. The van der Waals surface area contributed by atoms with Crippen LogP contribution in [-0.2, 0) is 24.7 Å². The third-order valence-electron chi connectivity index (χ3n) is 6.76. The van der Waals surface area contributed by atoms with Crippen molar-refractivity contribution in [3.63, 3.8) is 0 Å². The summed E-state index contributed by atoms with van der Waals surface area (Å²) < 4.78 is 0.578. The van der Waals surface area contributed by atoms with Crippen molar-refractivity contribution >= 4 is 31.2 Å². The van der Waals surface area contributed by atoms with Crippen LogP contribution in [0.15, 0.2) is 30.3 Å². The third-order valence-corrected chi connectivity index (χ3v) is 25.6. The predicted octanol–water partition coefficient (Wildman–Crippen LogP) is -2.19. The molecule has 2 N–H and O–H groups in total. The van der Waals surface area contributed by atoms with Gasteiger partial charge in [-0.2, -0.15) is 0 Å². The van der Waals surface area contributed by atoms with Crippen molar-refractivity contribution in [2.24, 2.45) is 0 Å². The Kier molecular flexibility index (Phi) is 7.19. The average molecular weight is 543 g/mol. The molecule has 2 aromatic carbocycles. The van der Waals surface area contributed by atoms with Gasteiger partial charge in [0.05, 0.1) is 0 Å². The Balaban J connectivity index is 0.00000150. The van der Waals surface area contributed by atoms with Crippen molar-refractivity contribution in [3.05, 3.63) is 41.5 Å². The summed E-state index contributed by atoms with van der Waals surface area (Å²) in [7, 11) is -3.17. The smallest absolute Gasteiger partial charge is 1.00 e. The van der Waals surface area contributed by atoms with Crippen LogP contribution in [0.4, 0.5) is 5.69 Å². The van der Waals surface area contributed by atoms with Gasteiger partial charge in [0, 0.05) is 0 Å². The molecule has 2 unspecified atom stereocenters. The molecule has 7 heteroatoms. The molecule has 0 bridgehead atoms. The monoisotopic (exact) mass is 540 g/mol. The van der Waals surface area contributed by atoms with Gasteiger partial charge in [-0.05, 0) is 0 Å². The summed E-state index contributed by atoms with van der Waals surface area (Å²) in [4.78, 5) is 0. The fraction of sp³-hybridized carbons (Fsp3) is 0.455. The van der Waals surface area contributed by atoms with E-state index < -0.39 is 15.2 Å². The van der Waals surface area contributed by atoms with E-state index >= 15 is 0 Å². The van der Waals surface area contributed by atoms with Gasteiger partial charge < -0.3 is 24.8 Å². The molecule has 1 heterocycles. The topological polar surface area (TPSA) is 32.3 Å². The Labute approximate surface area is 204 Å². The first-order valence-electron chi connectivity index (χ1n) is 9.94. The molecule has 1 aliphatic carbocycles. The molecule has 0 fully saturated rings. The number of nitrogens with one attached hydrogen (secondary N) is 1. The molecule has 29 heavy (non-hydrogen) atoms. The van der Waals surface area contributed by atoms with E-state index in [-0.39, 0.29) is 30.4 Å². The molecule has 1 aliphatic heterocycles. The van der Waals surface area contributed by atoms with Gasteiger partial charge in [0.2, 0.25) is 0 Å². The molecule has 0 spiro atoms. The quantitative estimate of drug-likeness (QED) is 0.431. The van der Waals surface area contributed by atoms with Gasteiger partial charge in [0.1, 0.15) is 0 Å². The summed E-state index contributed by atoms with van der Waals surface area (Å²) in [6.45, 7) is 14.7. The SMILES string of the molecule is CC(C)(C)Nc1cc2c(c3c1[Si]3(C)[Si](C)(C)CCO)[CH]([Zr+2])c1ccccc1-2.[Cl-].[Cl-]. The van der Waals surface area contributed by atoms with Crippen LogP contribution in [0, 0.1) is 0 Å². The number of aliphatic hydroxyl groups excluding tert-OH is 1. The molecule has 2 aliphatic rings. The second kappa shape index (κ2) is 8.22. The first kappa shape index (κ1) is 25.4. The summed E-state index contributed by atoms with van der Waals surface area (Å²) in [6.07, 6.45) is 0. The Morgan fingerprint density at radius 1 is 1.10 bits per heavy atom. The van der Waals surface area contributed by atoms with Crippen molar-refractivity contribution in [1.29, 1.82) is 0 Å². The van der Waals surface area contributed by atoms with E-state index in [0.717, 1.165) is 6.04 Å². The fourth-order valence-corrected chi connectivity index (χ4v) is 19.8. The molecule has 0 saturated carbocycles. The Morgan fingerprint density at radius 2 is 1.72 bits per heavy atom. The summed E-state index contributed by atoms with van der Waals surface area (Å²) in [5.41, 5.74) is 7.52. The molecule has 2 nitrogen and oxygen atoms in total. The van der Waals surface area contributed by atoms with Gasteiger partial charge in [-0.25, -0.2) is 0 Å². The zero-order chi connectivity index (χ0) is 19.8. The number of hydrogen-bond donors (Lipinski definition) is 2. The maximum absolute atomic E-state index is 9.76. The molecule has 0 aromatic heterocycles. The largest absolute Gasteiger partial charge is 1.00 e. The zero-order valence-electron chi connectivity index (χ0n) is 18.1. The summed E-state index contributed by atoms with van der Waals surface area (Å²) in [5, 5.41) is 17.0.